The quantitative estimate of drug-likeness (QED) is 0.0714. The van der Waals surface area contributed by atoms with E-state index < -0.39 is 28.9 Å². The van der Waals surface area contributed by atoms with Gasteiger partial charge in [-0.25, -0.2) is 29.5 Å². The third kappa shape index (κ3) is 13.3. The number of fused-ring (bicyclic) bond motifs is 2. The minimum atomic E-state index is -0.594. The minimum Gasteiger partial charge on any atom is -0.444 e. The number of pyridine rings is 2. The molecule has 0 aliphatic heterocycles. The Bertz CT molecular complexity index is 2980. The van der Waals surface area contributed by atoms with Crippen LogP contribution in [0.1, 0.15) is 80.7 Å². The van der Waals surface area contributed by atoms with Gasteiger partial charge in [0.15, 0.2) is 11.3 Å². The molecule has 4 aromatic heterocycles. The summed E-state index contributed by atoms with van der Waals surface area (Å²) in [6.45, 7) is 16.2. The van der Waals surface area contributed by atoms with Crippen LogP contribution in [0.2, 0.25) is 0 Å². The van der Waals surface area contributed by atoms with E-state index in [1.54, 1.807) is 27.7 Å². The summed E-state index contributed by atoms with van der Waals surface area (Å²) < 4.78 is 12.3. The summed E-state index contributed by atoms with van der Waals surface area (Å²) in [5, 5.41) is 23.4. The molecular formula is C49H56N10O8. The van der Waals surface area contributed by atoms with Gasteiger partial charge in [-0.15, -0.1) is 9.46 Å². The van der Waals surface area contributed by atoms with Gasteiger partial charge in [0.2, 0.25) is 0 Å². The van der Waals surface area contributed by atoms with Crippen molar-refractivity contribution in [2.75, 3.05) is 10.6 Å². The van der Waals surface area contributed by atoms with Crippen LogP contribution in [0.15, 0.2) is 113 Å². The lowest BCUT2D eigenvalue weighted by Crippen LogP contribution is -2.32. The molecule has 3 aromatic carbocycles. The molecule has 0 atom stereocenters. The van der Waals surface area contributed by atoms with Gasteiger partial charge in [-0.05, 0) is 83.2 Å². The number of hydrogen-bond acceptors (Lipinski definition) is 14. The molecule has 0 saturated carbocycles. The van der Waals surface area contributed by atoms with Gasteiger partial charge in [-0.2, -0.15) is 0 Å². The van der Waals surface area contributed by atoms with Crippen molar-refractivity contribution in [3.05, 3.63) is 164 Å². The molecule has 0 aliphatic rings. The predicted molar refractivity (Wildman–Crippen MR) is 255 cm³/mol. The second-order valence-electron chi connectivity index (χ2n) is 17.4. The van der Waals surface area contributed by atoms with Crippen LogP contribution < -0.4 is 37.2 Å². The number of carbonyl (C=O) groups excluding carboxylic acids is 2. The monoisotopic (exact) mass is 912 g/mol. The summed E-state index contributed by atoms with van der Waals surface area (Å²) >= 11 is 0. The average molecular weight is 913 g/mol. The molecule has 0 fully saturated rings. The van der Waals surface area contributed by atoms with E-state index in [-0.39, 0.29) is 17.8 Å². The zero-order valence-electron chi connectivity index (χ0n) is 38.8. The van der Waals surface area contributed by atoms with Crippen molar-refractivity contribution in [3.8, 4) is 0 Å². The van der Waals surface area contributed by atoms with E-state index in [0.29, 0.717) is 70.1 Å². The molecule has 0 spiro atoms. The molecule has 350 valence electrons. The molecule has 67 heavy (non-hydrogen) atoms. The second kappa shape index (κ2) is 21.3. The first-order valence-electron chi connectivity index (χ1n) is 21.5. The summed E-state index contributed by atoms with van der Waals surface area (Å²) in [5.41, 5.74) is 5.58. The Morgan fingerprint density at radius 1 is 0.582 bits per heavy atom. The number of benzene rings is 3. The Kier molecular flexibility index (Phi) is 15.4. The number of nitrogens with one attached hydrogen (secondary N) is 4. The number of aromatic nitrogens is 6. The van der Waals surface area contributed by atoms with Gasteiger partial charge in [0.25, 0.3) is 11.1 Å². The van der Waals surface area contributed by atoms with Gasteiger partial charge in [-0.3, -0.25) is 9.59 Å². The molecule has 0 saturated heterocycles. The molecule has 18 nitrogen and oxygen atoms in total. The van der Waals surface area contributed by atoms with Crippen LogP contribution in [0.25, 0.3) is 22.1 Å². The lowest BCUT2D eigenvalue weighted by atomic mass is 10.1. The number of hydrogen-bond donors (Lipinski definition) is 5. The number of nitrogens with zero attached hydrogens (tertiary/aromatic N) is 6. The molecule has 2 amide bonds. The summed E-state index contributed by atoms with van der Waals surface area (Å²) in [4.78, 5) is 71.9. The Balaban J connectivity index is 0.000000226. The van der Waals surface area contributed by atoms with Crippen molar-refractivity contribution in [2.45, 2.75) is 99.4 Å². The molecule has 18 heteroatoms. The summed E-state index contributed by atoms with van der Waals surface area (Å²) in [7, 11) is 0. The zero-order chi connectivity index (χ0) is 48.3. The molecule has 0 aliphatic carbocycles. The van der Waals surface area contributed by atoms with E-state index in [0.717, 1.165) is 27.8 Å². The molecule has 0 radical (unpaired) electrons. The fraction of sp³-hybridized carbons (Fsp3) is 0.306. The van der Waals surface area contributed by atoms with Crippen LogP contribution in [-0.4, -0.2) is 58.0 Å². The van der Waals surface area contributed by atoms with Crippen molar-refractivity contribution in [2.24, 2.45) is 0 Å². The highest BCUT2D eigenvalue weighted by molar-refractivity contribution is 5.91. The van der Waals surface area contributed by atoms with E-state index in [1.165, 1.54) is 29.5 Å². The standard InChI is InChI=1S/C28H31N5O4.C21H25N5O4/c1-19-25-23(29-15-21-12-8-9-13-22(21)16-30-27(35)37-28(2,3)4)14-24(34)33(26(25)32-18-31-19)36-17-20-10-6-5-7-11-20;1-13-18-16(9-17(27)26(29)19(18)25-12-24-13)22-10-14-7-5-6-8-15(14)11-23-20(28)30-21(2,3)4/h5-14,18,29H,15-17H2,1-4H3,(H,30,35);5-9,12,22,29H,10-11H2,1-4H3,(H,23,28). The Labute approximate surface area is 387 Å². The molecule has 7 aromatic rings. The number of carbonyl (C=O) groups is 2. The lowest BCUT2D eigenvalue weighted by molar-refractivity contribution is 0.0512. The smallest absolute Gasteiger partial charge is 0.407 e. The van der Waals surface area contributed by atoms with Crippen molar-refractivity contribution in [3.63, 3.8) is 0 Å². The number of amides is 2. The Morgan fingerprint density at radius 3 is 1.48 bits per heavy atom. The summed E-state index contributed by atoms with van der Waals surface area (Å²) in [6.07, 6.45) is 1.75. The van der Waals surface area contributed by atoms with Gasteiger partial charge in [-0.1, -0.05) is 78.9 Å². The van der Waals surface area contributed by atoms with Crippen LogP contribution in [0.5, 0.6) is 0 Å². The van der Waals surface area contributed by atoms with Crippen molar-refractivity contribution in [1.82, 2.24) is 40.0 Å². The summed E-state index contributed by atoms with van der Waals surface area (Å²) in [5.74, 6) is 0. The molecule has 5 N–H and O–H groups in total. The average Bonchev–Trinajstić information content (AvgIpc) is 3.27. The lowest BCUT2D eigenvalue weighted by Gasteiger charge is -2.20. The minimum absolute atomic E-state index is 0.136. The number of alkyl carbamates (subject to hydrolysis) is 2. The molecule has 0 unspecified atom stereocenters. The zero-order valence-corrected chi connectivity index (χ0v) is 38.8. The van der Waals surface area contributed by atoms with Crippen LogP contribution in [-0.2, 0) is 42.3 Å². The van der Waals surface area contributed by atoms with Crippen LogP contribution in [0.4, 0.5) is 21.0 Å². The number of rotatable bonds is 13. The number of anilines is 2. The van der Waals surface area contributed by atoms with Crippen LogP contribution in [0.3, 0.4) is 0 Å². The van der Waals surface area contributed by atoms with Crippen molar-refractivity contribution >= 4 is 45.6 Å². The SMILES string of the molecule is Cc1ncnc2c1c(NCc1ccccc1CNC(=O)OC(C)(C)C)cc(=O)n2O.Cc1ncnc2c1c(NCc1ccccc1CNC(=O)OC(C)(C)C)cc(=O)n2OCc1ccccc1. The maximum absolute atomic E-state index is 13.0. The molecular weight excluding hydrogens is 857 g/mol. The maximum atomic E-state index is 13.0. The highest BCUT2D eigenvalue weighted by Crippen LogP contribution is 2.25. The van der Waals surface area contributed by atoms with E-state index in [2.05, 4.69) is 41.2 Å². The van der Waals surface area contributed by atoms with E-state index in [1.807, 2.05) is 107 Å². The second-order valence-corrected chi connectivity index (χ2v) is 17.4. The fourth-order valence-electron chi connectivity index (χ4n) is 6.85. The Hall–Kier alpha value is -8.02. The van der Waals surface area contributed by atoms with E-state index in [4.69, 9.17) is 14.3 Å². The number of ether oxygens (including phenoxy) is 2. The van der Waals surface area contributed by atoms with Gasteiger partial charge >= 0.3 is 12.2 Å². The predicted octanol–water partition coefficient (Wildman–Crippen LogP) is 7.34. The molecule has 4 heterocycles. The van der Waals surface area contributed by atoms with Gasteiger partial charge in [0.05, 0.1) is 33.5 Å². The van der Waals surface area contributed by atoms with E-state index >= 15 is 0 Å². The van der Waals surface area contributed by atoms with Crippen LogP contribution in [0, 0.1) is 13.8 Å². The van der Waals surface area contributed by atoms with Gasteiger partial charge < -0.3 is 40.8 Å². The van der Waals surface area contributed by atoms with Crippen molar-refractivity contribution < 1.29 is 29.1 Å². The normalized spacial score (nSPS) is 11.3. The van der Waals surface area contributed by atoms with Crippen molar-refractivity contribution in [1.29, 1.82) is 0 Å². The Morgan fingerprint density at radius 2 is 1.00 bits per heavy atom. The molecule has 7 rings (SSSR count). The first-order valence-corrected chi connectivity index (χ1v) is 21.5. The molecule has 0 bridgehead atoms. The van der Waals surface area contributed by atoms with Gasteiger partial charge in [0.1, 0.15) is 30.5 Å². The third-order valence-corrected chi connectivity index (χ3v) is 9.93. The summed E-state index contributed by atoms with van der Waals surface area (Å²) in [6, 6.07) is 27.8. The van der Waals surface area contributed by atoms with Gasteiger partial charge in [0, 0.05) is 38.3 Å². The highest BCUT2D eigenvalue weighted by atomic mass is 16.7. The van der Waals surface area contributed by atoms with E-state index in [9.17, 15) is 24.4 Å². The third-order valence-electron chi connectivity index (χ3n) is 9.93. The number of aryl methyl sites for hydroxylation is 2. The first-order chi connectivity index (χ1) is 31.9. The highest BCUT2D eigenvalue weighted by Gasteiger charge is 2.19. The largest absolute Gasteiger partial charge is 0.444 e. The fourth-order valence-corrected chi connectivity index (χ4v) is 6.85. The van der Waals surface area contributed by atoms with Crippen LogP contribution >= 0.6 is 0 Å². The topological polar surface area (TPSA) is 226 Å². The first kappa shape index (κ1) is 48.4. The maximum Gasteiger partial charge on any atom is 0.407 e.